The molecule has 26 heavy (non-hydrogen) atoms. The number of fused-ring (bicyclic) bond motifs is 1. The van der Waals surface area contributed by atoms with Crippen LogP contribution in [0.2, 0.25) is 0 Å². The minimum absolute atomic E-state index is 0.0420. The van der Waals surface area contributed by atoms with Crippen molar-refractivity contribution in [1.29, 1.82) is 0 Å². The molecule has 1 aliphatic carbocycles. The van der Waals surface area contributed by atoms with Crippen LogP contribution in [-0.4, -0.2) is 52.4 Å². The van der Waals surface area contributed by atoms with Crippen LogP contribution in [0.25, 0.3) is 10.9 Å². The summed E-state index contributed by atoms with van der Waals surface area (Å²) in [6, 6.07) is 10.4. The summed E-state index contributed by atoms with van der Waals surface area (Å²) >= 11 is 0. The van der Waals surface area contributed by atoms with E-state index in [0.29, 0.717) is 6.04 Å². The fourth-order valence-electron chi connectivity index (χ4n) is 4.98. The molecule has 1 saturated heterocycles. The first kappa shape index (κ1) is 17.5. The summed E-state index contributed by atoms with van der Waals surface area (Å²) in [5.74, 6) is 0.170. The van der Waals surface area contributed by atoms with E-state index in [9.17, 15) is 4.79 Å². The van der Waals surface area contributed by atoms with Crippen molar-refractivity contribution in [2.45, 2.75) is 57.0 Å². The summed E-state index contributed by atoms with van der Waals surface area (Å²) in [6.45, 7) is 4.07. The molecule has 1 aliphatic heterocycles. The molecule has 4 heteroatoms. The zero-order valence-electron chi connectivity index (χ0n) is 15.9. The van der Waals surface area contributed by atoms with Crippen molar-refractivity contribution in [3.05, 3.63) is 42.1 Å². The Bertz CT molecular complexity index is 792. The number of hydrogen-bond donors (Lipinski definition) is 0. The number of carbonyl (C=O) groups excluding carboxylic acids is 1. The molecule has 1 spiro atoms. The molecule has 2 aromatic rings. The molecule has 4 rings (SSSR count). The van der Waals surface area contributed by atoms with E-state index in [-0.39, 0.29) is 11.4 Å². The molecule has 1 atom stereocenters. The average Bonchev–Trinajstić information content (AvgIpc) is 3.05. The van der Waals surface area contributed by atoms with E-state index in [1.807, 2.05) is 30.3 Å². The van der Waals surface area contributed by atoms with Crippen LogP contribution in [0.4, 0.5) is 0 Å². The van der Waals surface area contributed by atoms with Crippen LogP contribution in [0.15, 0.2) is 36.5 Å². The first-order valence-corrected chi connectivity index (χ1v) is 10.0. The van der Waals surface area contributed by atoms with Crippen LogP contribution in [-0.2, 0) is 0 Å². The van der Waals surface area contributed by atoms with Gasteiger partial charge in [0.1, 0.15) is 0 Å². The quantitative estimate of drug-likeness (QED) is 0.835. The van der Waals surface area contributed by atoms with Crippen LogP contribution in [0.5, 0.6) is 0 Å². The molecule has 0 unspecified atom stereocenters. The number of para-hydroxylation sites is 1. The average molecular weight is 351 g/mol. The van der Waals surface area contributed by atoms with Gasteiger partial charge in [-0.2, -0.15) is 0 Å². The van der Waals surface area contributed by atoms with E-state index < -0.39 is 0 Å². The highest BCUT2D eigenvalue weighted by atomic mass is 16.2. The van der Waals surface area contributed by atoms with E-state index in [0.717, 1.165) is 48.8 Å². The third-order valence-electron chi connectivity index (χ3n) is 6.60. The number of hydrogen-bond acceptors (Lipinski definition) is 3. The lowest BCUT2D eigenvalue weighted by atomic mass is 9.79. The standard InChI is InChI=1S/C22H29N3O/c1-3-24(2)18-15-22(12-5-4-6-13-22)25(16-18)21(26)19-11-7-9-17-10-8-14-23-20(17)19/h7-11,14,18H,3-6,12-13,15-16H2,1-2H3/t18-/m1/s1. The maximum absolute atomic E-state index is 13.7. The van der Waals surface area contributed by atoms with Crippen LogP contribution in [0.3, 0.4) is 0 Å². The van der Waals surface area contributed by atoms with Crippen LogP contribution in [0, 0.1) is 0 Å². The molecule has 2 aliphatic rings. The highest BCUT2D eigenvalue weighted by Gasteiger charge is 2.49. The molecule has 0 radical (unpaired) electrons. The normalized spacial score (nSPS) is 22.4. The van der Waals surface area contributed by atoms with Gasteiger partial charge >= 0.3 is 0 Å². The molecule has 4 nitrogen and oxygen atoms in total. The Kier molecular flexibility index (Phi) is 4.70. The number of likely N-dealkylation sites (tertiary alicyclic amines) is 1. The molecule has 1 amide bonds. The third-order valence-corrected chi connectivity index (χ3v) is 6.60. The Hall–Kier alpha value is -1.94. The molecular weight excluding hydrogens is 322 g/mol. The lowest BCUT2D eigenvalue weighted by Gasteiger charge is -2.41. The third kappa shape index (κ3) is 2.90. The monoisotopic (exact) mass is 351 g/mol. The van der Waals surface area contributed by atoms with E-state index in [4.69, 9.17) is 0 Å². The van der Waals surface area contributed by atoms with E-state index >= 15 is 0 Å². The summed E-state index contributed by atoms with van der Waals surface area (Å²) in [5.41, 5.74) is 1.63. The van der Waals surface area contributed by atoms with E-state index in [2.05, 4.69) is 28.8 Å². The van der Waals surface area contributed by atoms with Crippen LogP contribution >= 0.6 is 0 Å². The highest BCUT2D eigenvalue weighted by molar-refractivity contribution is 6.05. The Balaban J connectivity index is 1.72. The smallest absolute Gasteiger partial charge is 0.256 e. The SMILES string of the molecule is CCN(C)[C@H]1CN(C(=O)c2cccc3cccnc23)C2(CCCCC2)C1. The number of carbonyl (C=O) groups is 1. The predicted molar refractivity (Wildman–Crippen MR) is 105 cm³/mol. The lowest BCUT2D eigenvalue weighted by molar-refractivity contribution is 0.0501. The van der Waals surface area contributed by atoms with Gasteiger partial charge < -0.3 is 9.80 Å². The number of benzene rings is 1. The number of rotatable bonds is 3. The summed E-state index contributed by atoms with van der Waals surface area (Å²) in [4.78, 5) is 22.8. The maximum atomic E-state index is 13.7. The van der Waals surface area contributed by atoms with Gasteiger partial charge in [0, 0.05) is 29.7 Å². The van der Waals surface area contributed by atoms with Crippen molar-refractivity contribution >= 4 is 16.8 Å². The van der Waals surface area contributed by atoms with Crippen molar-refractivity contribution in [3.8, 4) is 0 Å². The molecule has 1 aromatic heterocycles. The molecule has 0 N–H and O–H groups in total. The topological polar surface area (TPSA) is 36.4 Å². The van der Waals surface area contributed by atoms with E-state index in [1.165, 1.54) is 19.3 Å². The van der Waals surface area contributed by atoms with Crippen molar-refractivity contribution in [2.24, 2.45) is 0 Å². The van der Waals surface area contributed by atoms with Gasteiger partial charge in [-0.3, -0.25) is 9.78 Å². The maximum Gasteiger partial charge on any atom is 0.256 e. The minimum Gasteiger partial charge on any atom is -0.331 e. The summed E-state index contributed by atoms with van der Waals surface area (Å²) in [6.07, 6.45) is 8.96. The van der Waals surface area contributed by atoms with Crippen molar-refractivity contribution < 1.29 is 4.79 Å². The van der Waals surface area contributed by atoms with Gasteiger partial charge in [-0.05, 0) is 45.0 Å². The van der Waals surface area contributed by atoms with E-state index in [1.54, 1.807) is 6.20 Å². The molecular formula is C22H29N3O. The molecule has 2 heterocycles. The Labute approximate surface area is 156 Å². The number of pyridine rings is 1. The van der Waals surface area contributed by atoms with Gasteiger partial charge in [-0.1, -0.05) is 44.4 Å². The summed E-state index contributed by atoms with van der Waals surface area (Å²) in [5, 5.41) is 1.04. The Morgan fingerprint density at radius 3 is 2.77 bits per heavy atom. The predicted octanol–water partition coefficient (Wildman–Crippen LogP) is 4.10. The second-order valence-electron chi connectivity index (χ2n) is 8.01. The number of likely N-dealkylation sites (N-methyl/N-ethyl adjacent to an activating group) is 1. The van der Waals surface area contributed by atoms with Crippen LogP contribution < -0.4 is 0 Å². The summed E-state index contributed by atoms with van der Waals surface area (Å²) in [7, 11) is 2.19. The number of amides is 1. The Morgan fingerprint density at radius 2 is 2.00 bits per heavy atom. The lowest BCUT2D eigenvalue weighted by Crippen LogP contribution is -2.48. The van der Waals surface area contributed by atoms with Gasteiger partial charge in [0.05, 0.1) is 11.1 Å². The first-order chi connectivity index (χ1) is 12.6. The number of aromatic nitrogens is 1. The molecule has 1 saturated carbocycles. The number of nitrogens with zero attached hydrogens (tertiary/aromatic N) is 3. The first-order valence-electron chi connectivity index (χ1n) is 10.0. The van der Waals surface area contributed by atoms with Gasteiger partial charge in [0.25, 0.3) is 5.91 Å². The van der Waals surface area contributed by atoms with Gasteiger partial charge in [0.15, 0.2) is 0 Å². The zero-order valence-corrected chi connectivity index (χ0v) is 15.9. The van der Waals surface area contributed by atoms with Crippen molar-refractivity contribution in [1.82, 2.24) is 14.8 Å². The van der Waals surface area contributed by atoms with Gasteiger partial charge in [0.2, 0.25) is 0 Å². The summed E-state index contributed by atoms with van der Waals surface area (Å²) < 4.78 is 0. The van der Waals surface area contributed by atoms with Gasteiger partial charge in [-0.15, -0.1) is 0 Å². The minimum atomic E-state index is 0.0420. The van der Waals surface area contributed by atoms with Gasteiger partial charge in [-0.25, -0.2) is 0 Å². The highest BCUT2D eigenvalue weighted by Crippen LogP contribution is 2.43. The Morgan fingerprint density at radius 1 is 1.23 bits per heavy atom. The second kappa shape index (κ2) is 6.99. The largest absolute Gasteiger partial charge is 0.331 e. The fraction of sp³-hybridized carbons (Fsp3) is 0.545. The molecule has 2 fully saturated rings. The molecule has 0 bridgehead atoms. The zero-order chi connectivity index (χ0) is 18.1. The van der Waals surface area contributed by atoms with Crippen LogP contribution in [0.1, 0.15) is 55.8 Å². The van der Waals surface area contributed by atoms with Crippen molar-refractivity contribution in [3.63, 3.8) is 0 Å². The molecule has 138 valence electrons. The second-order valence-corrected chi connectivity index (χ2v) is 8.01. The fourth-order valence-corrected chi connectivity index (χ4v) is 4.98. The molecule has 1 aromatic carbocycles. The van der Waals surface area contributed by atoms with Crippen molar-refractivity contribution in [2.75, 3.05) is 20.1 Å².